The summed E-state index contributed by atoms with van der Waals surface area (Å²) >= 11 is 5.62. The van der Waals surface area contributed by atoms with Crippen molar-refractivity contribution in [2.75, 3.05) is 10.0 Å². The van der Waals surface area contributed by atoms with Gasteiger partial charge >= 0.3 is 5.97 Å². The van der Waals surface area contributed by atoms with Crippen molar-refractivity contribution >= 4 is 45.0 Å². The summed E-state index contributed by atoms with van der Waals surface area (Å²) in [5.74, 6) is -1.23. The van der Waals surface area contributed by atoms with Crippen molar-refractivity contribution < 1.29 is 22.7 Å². The van der Waals surface area contributed by atoms with Crippen molar-refractivity contribution in [1.29, 1.82) is 0 Å². The van der Waals surface area contributed by atoms with Crippen LogP contribution in [0.15, 0.2) is 65.8 Å². The molecule has 3 aromatic rings. The Morgan fingerprint density at radius 2 is 1.68 bits per heavy atom. The quantitative estimate of drug-likeness (QED) is 0.511. The Hall–Kier alpha value is -3.57. The van der Waals surface area contributed by atoms with Crippen LogP contribution in [0.25, 0.3) is 0 Å². The molecule has 0 saturated heterocycles. The van der Waals surface area contributed by atoms with E-state index in [0.717, 1.165) is 0 Å². The van der Waals surface area contributed by atoms with Gasteiger partial charge < -0.3 is 10.1 Å². The van der Waals surface area contributed by atoms with Crippen LogP contribution in [0.4, 0.5) is 11.5 Å². The summed E-state index contributed by atoms with van der Waals surface area (Å²) in [4.78, 5) is 28.0. The molecule has 0 saturated carbocycles. The zero-order valence-corrected chi connectivity index (χ0v) is 17.6. The van der Waals surface area contributed by atoms with Crippen molar-refractivity contribution in [3.05, 3.63) is 71.6 Å². The minimum absolute atomic E-state index is 0.00613. The number of hydrogen-bond donors (Lipinski definition) is 2. The monoisotopic (exact) mass is 461 g/mol. The van der Waals surface area contributed by atoms with E-state index in [1.807, 2.05) is 0 Å². The number of benzene rings is 1. The summed E-state index contributed by atoms with van der Waals surface area (Å²) in [7, 11) is -3.92. The van der Waals surface area contributed by atoms with Crippen LogP contribution in [0.5, 0.6) is 0 Å². The SMILES string of the molecule is CC(OC(=O)c1ccncc1)C(=O)Nc1ccc(S(=O)(=O)Nc2ccc(Cl)nn2)cc1. The highest BCUT2D eigenvalue weighted by Gasteiger charge is 2.20. The number of amides is 1. The highest BCUT2D eigenvalue weighted by atomic mass is 35.5. The largest absolute Gasteiger partial charge is 0.449 e. The molecule has 3 rings (SSSR count). The van der Waals surface area contributed by atoms with E-state index >= 15 is 0 Å². The van der Waals surface area contributed by atoms with Crippen molar-refractivity contribution in [3.8, 4) is 0 Å². The minimum Gasteiger partial charge on any atom is -0.449 e. The normalized spacial score (nSPS) is 11.9. The number of aromatic nitrogens is 3. The molecule has 0 aliphatic heterocycles. The van der Waals surface area contributed by atoms with Crippen molar-refractivity contribution in [2.45, 2.75) is 17.9 Å². The van der Waals surface area contributed by atoms with Crippen molar-refractivity contribution in [1.82, 2.24) is 15.2 Å². The third kappa shape index (κ3) is 5.96. The third-order valence-electron chi connectivity index (χ3n) is 3.87. The number of rotatable bonds is 7. The van der Waals surface area contributed by atoms with Gasteiger partial charge in [-0.1, -0.05) is 11.6 Å². The fraction of sp³-hybridized carbons (Fsp3) is 0.105. The van der Waals surface area contributed by atoms with Gasteiger partial charge in [0, 0.05) is 18.1 Å². The fourth-order valence-corrected chi connectivity index (χ4v) is 3.40. The first-order valence-corrected chi connectivity index (χ1v) is 10.6. The number of pyridine rings is 1. The van der Waals surface area contributed by atoms with Crippen molar-refractivity contribution in [2.24, 2.45) is 0 Å². The van der Waals surface area contributed by atoms with Gasteiger partial charge in [0.2, 0.25) is 0 Å². The second kappa shape index (κ2) is 9.49. The molecule has 160 valence electrons. The van der Waals surface area contributed by atoms with Gasteiger partial charge in [0.15, 0.2) is 17.1 Å². The lowest BCUT2D eigenvalue weighted by molar-refractivity contribution is -0.123. The molecule has 2 N–H and O–H groups in total. The Morgan fingerprint density at radius 1 is 1.00 bits per heavy atom. The van der Waals surface area contributed by atoms with Crippen LogP contribution in [0.1, 0.15) is 17.3 Å². The van der Waals surface area contributed by atoms with Gasteiger partial charge in [-0.25, -0.2) is 13.2 Å². The smallest absolute Gasteiger partial charge is 0.339 e. The summed E-state index contributed by atoms with van der Waals surface area (Å²) in [6.45, 7) is 1.42. The number of nitrogens with one attached hydrogen (secondary N) is 2. The minimum atomic E-state index is -3.92. The van der Waals surface area contributed by atoms with E-state index in [0.29, 0.717) is 5.69 Å². The van der Waals surface area contributed by atoms with Gasteiger partial charge in [0.1, 0.15) is 0 Å². The van der Waals surface area contributed by atoms with E-state index in [2.05, 4.69) is 25.2 Å². The predicted octanol–water partition coefficient (Wildman–Crippen LogP) is 2.51. The number of halogens is 1. The molecule has 2 aromatic heterocycles. The molecule has 2 heterocycles. The maximum Gasteiger partial charge on any atom is 0.339 e. The maximum absolute atomic E-state index is 12.4. The summed E-state index contributed by atoms with van der Waals surface area (Å²) in [5.41, 5.74) is 0.587. The van der Waals surface area contributed by atoms with Gasteiger partial charge in [-0.15, -0.1) is 10.2 Å². The molecular formula is C19H16ClN5O5S. The number of sulfonamides is 1. The Labute approximate surface area is 182 Å². The van der Waals surface area contributed by atoms with E-state index in [1.54, 1.807) is 0 Å². The molecule has 31 heavy (non-hydrogen) atoms. The van der Waals surface area contributed by atoms with Crippen molar-refractivity contribution in [3.63, 3.8) is 0 Å². The number of esters is 1. The van der Waals surface area contributed by atoms with E-state index < -0.39 is 28.0 Å². The van der Waals surface area contributed by atoms with Crippen LogP contribution in [0.2, 0.25) is 5.15 Å². The number of hydrogen-bond acceptors (Lipinski definition) is 8. The number of carbonyl (C=O) groups is 2. The first-order chi connectivity index (χ1) is 14.7. The average Bonchev–Trinajstić information content (AvgIpc) is 2.76. The molecule has 1 atom stereocenters. The molecule has 10 nitrogen and oxygen atoms in total. The molecule has 0 fully saturated rings. The van der Waals surface area contributed by atoms with Crippen LogP contribution in [0.3, 0.4) is 0 Å². The standard InChI is InChI=1S/C19H16ClN5O5S/c1-12(30-19(27)13-8-10-21-11-9-13)18(26)22-14-2-4-15(5-3-14)31(28,29)25-17-7-6-16(20)23-24-17/h2-12H,1H3,(H,22,26)(H,24,25). The van der Waals surface area contributed by atoms with E-state index in [1.165, 1.54) is 67.8 Å². The molecule has 0 bridgehead atoms. The number of anilines is 2. The Bertz CT molecular complexity index is 1170. The molecule has 1 aromatic carbocycles. The van der Waals surface area contributed by atoms with Crippen LogP contribution in [-0.4, -0.2) is 41.6 Å². The van der Waals surface area contributed by atoms with Crippen LogP contribution >= 0.6 is 11.6 Å². The lowest BCUT2D eigenvalue weighted by Gasteiger charge is -2.14. The molecule has 0 aliphatic carbocycles. The molecule has 0 spiro atoms. The number of nitrogens with zero attached hydrogens (tertiary/aromatic N) is 3. The van der Waals surface area contributed by atoms with Crippen LogP contribution in [-0.2, 0) is 19.6 Å². The topological polar surface area (TPSA) is 140 Å². The third-order valence-corrected chi connectivity index (χ3v) is 5.44. The van der Waals surface area contributed by atoms with Gasteiger partial charge in [-0.05, 0) is 55.5 Å². The van der Waals surface area contributed by atoms with Gasteiger partial charge in [-0.3, -0.25) is 14.5 Å². The first-order valence-electron chi connectivity index (χ1n) is 8.78. The Kier molecular flexibility index (Phi) is 6.78. The Balaban J connectivity index is 1.61. The average molecular weight is 462 g/mol. The lowest BCUT2D eigenvalue weighted by Crippen LogP contribution is -2.30. The summed E-state index contributed by atoms with van der Waals surface area (Å²) in [6, 6.07) is 11.1. The highest BCUT2D eigenvalue weighted by molar-refractivity contribution is 7.92. The highest BCUT2D eigenvalue weighted by Crippen LogP contribution is 2.18. The van der Waals surface area contributed by atoms with Gasteiger partial charge in [0.25, 0.3) is 15.9 Å². The zero-order chi connectivity index (χ0) is 22.4. The van der Waals surface area contributed by atoms with Gasteiger partial charge in [-0.2, -0.15) is 0 Å². The second-order valence-electron chi connectivity index (χ2n) is 6.14. The van der Waals surface area contributed by atoms with Gasteiger partial charge in [0.05, 0.1) is 10.5 Å². The van der Waals surface area contributed by atoms with E-state index in [9.17, 15) is 18.0 Å². The Morgan fingerprint density at radius 3 is 2.29 bits per heavy atom. The molecular weight excluding hydrogens is 446 g/mol. The second-order valence-corrected chi connectivity index (χ2v) is 8.21. The molecule has 12 heteroatoms. The maximum atomic E-state index is 12.4. The fourth-order valence-electron chi connectivity index (χ4n) is 2.30. The summed E-state index contributed by atoms with van der Waals surface area (Å²) in [6.07, 6.45) is 1.80. The number of carbonyl (C=O) groups excluding carboxylic acids is 2. The number of ether oxygens (including phenoxy) is 1. The van der Waals surface area contributed by atoms with E-state index in [-0.39, 0.29) is 21.4 Å². The van der Waals surface area contributed by atoms with Crippen LogP contribution in [0, 0.1) is 0 Å². The van der Waals surface area contributed by atoms with Crippen LogP contribution < -0.4 is 10.0 Å². The molecule has 1 unspecified atom stereocenters. The molecule has 0 aliphatic rings. The molecule has 1 amide bonds. The molecule has 0 radical (unpaired) electrons. The lowest BCUT2D eigenvalue weighted by atomic mass is 10.2. The predicted molar refractivity (Wildman–Crippen MR) is 112 cm³/mol. The van der Waals surface area contributed by atoms with E-state index in [4.69, 9.17) is 16.3 Å². The zero-order valence-electron chi connectivity index (χ0n) is 16.0. The summed E-state index contributed by atoms with van der Waals surface area (Å²) in [5, 5.41) is 9.88. The summed E-state index contributed by atoms with van der Waals surface area (Å²) < 4.78 is 32.2. The first kappa shape index (κ1) is 22.1.